The molecule has 0 saturated carbocycles. The van der Waals surface area contributed by atoms with Gasteiger partial charge in [-0.1, -0.05) is 61.9 Å². The minimum absolute atomic E-state index is 0.00129. The van der Waals surface area contributed by atoms with E-state index in [0.717, 1.165) is 34.0 Å². The maximum absolute atomic E-state index is 14.0. The zero-order valence-corrected chi connectivity index (χ0v) is 23.6. The lowest BCUT2D eigenvalue weighted by Crippen LogP contribution is -2.53. The summed E-state index contributed by atoms with van der Waals surface area (Å²) in [6.45, 7) is 7.05. The van der Waals surface area contributed by atoms with E-state index in [1.807, 2.05) is 58.0 Å². The molecular weight excluding hydrogens is 517 g/mol. The van der Waals surface area contributed by atoms with Gasteiger partial charge in [-0.15, -0.1) is 0 Å². The Labute approximate surface area is 230 Å². The molecule has 0 heterocycles. The number of hydrogen-bond donors (Lipinski definition) is 1. The summed E-state index contributed by atoms with van der Waals surface area (Å²) in [6.07, 6.45) is 1.06. The molecule has 0 aliphatic carbocycles. The number of sulfonamides is 1. The molecule has 3 rings (SSSR count). The van der Waals surface area contributed by atoms with Crippen LogP contribution in [0.25, 0.3) is 0 Å². The van der Waals surface area contributed by atoms with Gasteiger partial charge in [0.05, 0.1) is 10.6 Å². The molecule has 2 atom stereocenters. The van der Waals surface area contributed by atoms with Gasteiger partial charge in [0.1, 0.15) is 18.4 Å². The van der Waals surface area contributed by atoms with Gasteiger partial charge in [0, 0.05) is 12.6 Å². The first-order valence-corrected chi connectivity index (χ1v) is 14.5. The molecule has 9 heteroatoms. The first-order chi connectivity index (χ1) is 18.6. The molecule has 0 aliphatic rings. The number of carbonyl (C=O) groups is 2. The summed E-state index contributed by atoms with van der Waals surface area (Å²) in [7, 11) is -4.20. The minimum atomic E-state index is -4.20. The van der Waals surface area contributed by atoms with Crippen molar-refractivity contribution < 1.29 is 22.4 Å². The summed E-state index contributed by atoms with van der Waals surface area (Å²) < 4.78 is 42.3. The largest absolute Gasteiger partial charge is 0.352 e. The van der Waals surface area contributed by atoms with Crippen molar-refractivity contribution in [3.05, 3.63) is 95.8 Å². The summed E-state index contributed by atoms with van der Waals surface area (Å²) in [5.74, 6) is -1.38. The number of halogens is 1. The third-order valence-corrected chi connectivity index (χ3v) is 8.37. The van der Waals surface area contributed by atoms with Crippen LogP contribution in [0.4, 0.5) is 10.1 Å². The number of rotatable bonds is 12. The van der Waals surface area contributed by atoms with Crippen molar-refractivity contribution in [2.24, 2.45) is 0 Å². The van der Waals surface area contributed by atoms with Crippen LogP contribution < -0.4 is 9.62 Å². The van der Waals surface area contributed by atoms with E-state index >= 15 is 0 Å². The lowest BCUT2D eigenvalue weighted by atomic mass is 10.1. The third-order valence-electron chi connectivity index (χ3n) is 6.59. The number of aryl methyl sites for hydroxylation is 1. The maximum atomic E-state index is 14.0. The standard InChI is InChI=1S/C30H36FN3O4S/c1-5-23(4)32-30(36)28(6-2)33(20-24-10-8-7-9-11-24)29(35)21-34(26-16-14-25(31)15-17-26)39(37,38)27-18-12-22(3)13-19-27/h7-19,23,28H,5-6,20-21H2,1-4H3,(H,32,36)/t23-,28+/m0/s1. The van der Waals surface area contributed by atoms with Crippen LogP contribution in [0.2, 0.25) is 0 Å². The van der Waals surface area contributed by atoms with Gasteiger partial charge in [0.2, 0.25) is 11.8 Å². The summed E-state index contributed by atoms with van der Waals surface area (Å²) in [4.78, 5) is 28.6. The van der Waals surface area contributed by atoms with Crippen LogP contribution in [-0.2, 0) is 26.2 Å². The topological polar surface area (TPSA) is 86.8 Å². The Morgan fingerprint density at radius 3 is 2.08 bits per heavy atom. The molecule has 0 radical (unpaired) electrons. The molecule has 0 spiro atoms. The average molecular weight is 554 g/mol. The average Bonchev–Trinajstić information content (AvgIpc) is 2.92. The molecule has 208 valence electrons. The van der Waals surface area contributed by atoms with E-state index in [0.29, 0.717) is 6.42 Å². The SMILES string of the molecule is CC[C@H](C(=O)N[C@@H](C)CC)N(Cc1ccccc1)C(=O)CN(c1ccc(F)cc1)S(=O)(=O)c1ccc(C)cc1. The van der Waals surface area contributed by atoms with Gasteiger partial charge in [-0.25, -0.2) is 12.8 Å². The van der Waals surface area contributed by atoms with E-state index < -0.39 is 34.3 Å². The molecule has 0 aliphatic heterocycles. The molecule has 1 N–H and O–H groups in total. The van der Waals surface area contributed by atoms with E-state index in [9.17, 15) is 22.4 Å². The Kier molecular flexibility index (Phi) is 10.2. The zero-order valence-electron chi connectivity index (χ0n) is 22.8. The summed E-state index contributed by atoms with van der Waals surface area (Å²) in [5, 5.41) is 2.95. The van der Waals surface area contributed by atoms with Gasteiger partial charge < -0.3 is 10.2 Å². The second-order valence-electron chi connectivity index (χ2n) is 9.55. The number of nitrogens with one attached hydrogen (secondary N) is 1. The van der Waals surface area contributed by atoms with E-state index in [-0.39, 0.29) is 29.1 Å². The molecule has 0 bridgehead atoms. The minimum Gasteiger partial charge on any atom is -0.352 e. The smallest absolute Gasteiger partial charge is 0.264 e. The van der Waals surface area contributed by atoms with Crippen LogP contribution in [0, 0.1) is 12.7 Å². The van der Waals surface area contributed by atoms with Crippen LogP contribution in [0.5, 0.6) is 0 Å². The molecule has 0 saturated heterocycles. The first-order valence-electron chi connectivity index (χ1n) is 13.1. The van der Waals surface area contributed by atoms with Crippen molar-refractivity contribution in [1.29, 1.82) is 0 Å². The lowest BCUT2D eigenvalue weighted by molar-refractivity contribution is -0.140. The van der Waals surface area contributed by atoms with Crippen LogP contribution in [0.15, 0.2) is 83.8 Å². The van der Waals surface area contributed by atoms with Gasteiger partial charge in [-0.05, 0) is 68.7 Å². The van der Waals surface area contributed by atoms with Crippen molar-refractivity contribution >= 4 is 27.5 Å². The second kappa shape index (κ2) is 13.4. The van der Waals surface area contributed by atoms with Crippen LogP contribution in [0.1, 0.15) is 44.7 Å². The van der Waals surface area contributed by atoms with E-state index in [1.54, 1.807) is 12.1 Å². The van der Waals surface area contributed by atoms with Crippen LogP contribution in [-0.4, -0.2) is 43.8 Å². The number of hydrogen-bond acceptors (Lipinski definition) is 4. The molecule has 0 unspecified atom stereocenters. The molecule has 7 nitrogen and oxygen atoms in total. The van der Waals surface area contributed by atoms with Crippen molar-refractivity contribution in [3.63, 3.8) is 0 Å². The summed E-state index contributed by atoms with van der Waals surface area (Å²) in [5.41, 5.74) is 1.82. The molecule has 0 fully saturated rings. The number of amides is 2. The highest BCUT2D eigenvalue weighted by atomic mass is 32.2. The molecule has 3 aromatic rings. The highest BCUT2D eigenvalue weighted by molar-refractivity contribution is 7.92. The maximum Gasteiger partial charge on any atom is 0.264 e. The molecule has 3 aromatic carbocycles. The molecule has 0 aromatic heterocycles. The fourth-order valence-corrected chi connectivity index (χ4v) is 5.53. The van der Waals surface area contributed by atoms with E-state index in [1.165, 1.54) is 29.2 Å². The number of carbonyl (C=O) groups excluding carboxylic acids is 2. The fraction of sp³-hybridized carbons (Fsp3) is 0.333. The highest BCUT2D eigenvalue weighted by Gasteiger charge is 2.34. The number of benzene rings is 3. The van der Waals surface area contributed by atoms with Gasteiger partial charge in [-0.3, -0.25) is 13.9 Å². The Hall–Kier alpha value is -3.72. The van der Waals surface area contributed by atoms with E-state index in [4.69, 9.17) is 0 Å². The Bertz CT molecular complexity index is 1350. The predicted octanol–water partition coefficient (Wildman–Crippen LogP) is 5.05. The second-order valence-corrected chi connectivity index (χ2v) is 11.4. The fourth-order valence-electron chi connectivity index (χ4n) is 4.11. The number of anilines is 1. The monoisotopic (exact) mass is 553 g/mol. The number of nitrogens with zero attached hydrogens (tertiary/aromatic N) is 2. The van der Waals surface area contributed by atoms with Gasteiger partial charge >= 0.3 is 0 Å². The first kappa shape index (κ1) is 29.8. The van der Waals surface area contributed by atoms with Crippen LogP contribution >= 0.6 is 0 Å². The highest BCUT2D eigenvalue weighted by Crippen LogP contribution is 2.25. The Morgan fingerprint density at radius 2 is 1.51 bits per heavy atom. The molecule has 2 amide bonds. The van der Waals surface area contributed by atoms with Gasteiger partial charge in [0.15, 0.2) is 0 Å². The van der Waals surface area contributed by atoms with Crippen molar-refractivity contribution in [2.45, 2.75) is 64.1 Å². The quantitative estimate of drug-likeness (QED) is 0.340. The Morgan fingerprint density at radius 1 is 0.897 bits per heavy atom. The Balaban J connectivity index is 2.04. The van der Waals surface area contributed by atoms with Gasteiger partial charge in [0.25, 0.3) is 10.0 Å². The van der Waals surface area contributed by atoms with Crippen molar-refractivity contribution in [1.82, 2.24) is 10.2 Å². The molecule has 39 heavy (non-hydrogen) atoms. The molecular formula is C30H36FN3O4S. The predicted molar refractivity (Wildman–Crippen MR) is 151 cm³/mol. The van der Waals surface area contributed by atoms with Gasteiger partial charge in [-0.2, -0.15) is 0 Å². The summed E-state index contributed by atoms with van der Waals surface area (Å²) >= 11 is 0. The third kappa shape index (κ3) is 7.66. The van der Waals surface area contributed by atoms with Crippen molar-refractivity contribution in [3.8, 4) is 0 Å². The van der Waals surface area contributed by atoms with Crippen molar-refractivity contribution in [2.75, 3.05) is 10.8 Å². The van der Waals surface area contributed by atoms with E-state index in [2.05, 4.69) is 5.32 Å². The normalized spacial score (nSPS) is 12.8. The lowest BCUT2D eigenvalue weighted by Gasteiger charge is -2.33. The zero-order chi connectivity index (χ0) is 28.6. The van der Waals surface area contributed by atoms with Crippen LogP contribution in [0.3, 0.4) is 0 Å². The summed E-state index contributed by atoms with van der Waals surface area (Å²) in [6, 6.07) is 19.6.